The summed E-state index contributed by atoms with van der Waals surface area (Å²) < 4.78 is 16.7. The van der Waals surface area contributed by atoms with E-state index in [-0.39, 0.29) is 44.0 Å². The lowest BCUT2D eigenvalue weighted by Gasteiger charge is -2.18. The first-order chi connectivity index (χ1) is 31.5. The lowest BCUT2D eigenvalue weighted by molar-refractivity contribution is -0.167. The smallest absolute Gasteiger partial charge is 0.306 e. The Kier molecular flexibility index (Phi) is 48.5. The Morgan fingerprint density at radius 3 is 1.02 bits per heavy atom. The first-order valence-corrected chi connectivity index (χ1v) is 25.9. The van der Waals surface area contributed by atoms with Crippen molar-refractivity contribution in [2.45, 2.75) is 226 Å². The quantitative estimate of drug-likeness (QED) is 0.0262. The van der Waals surface area contributed by atoms with Crippen molar-refractivity contribution in [2.24, 2.45) is 0 Å². The Morgan fingerprint density at radius 1 is 0.328 bits per heavy atom. The molecule has 0 aromatic rings. The van der Waals surface area contributed by atoms with Gasteiger partial charge in [-0.15, -0.1) is 0 Å². The van der Waals surface area contributed by atoms with E-state index in [2.05, 4.69) is 130 Å². The fourth-order valence-corrected chi connectivity index (χ4v) is 6.65. The zero-order valence-electron chi connectivity index (χ0n) is 41.3. The number of unbranched alkanes of at least 4 members (excludes halogenated alkanes) is 16. The van der Waals surface area contributed by atoms with Crippen LogP contribution >= 0.6 is 0 Å². The van der Waals surface area contributed by atoms with Crippen LogP contribution in [0, 0.1) is 0 Å². The van der Waals surface area contributed by atoms with Gasteiger partial charge in [-0.05, 0) is 96.3 Å². The number of carbonyl (C=O) groups excluding carboxylic acids is 3. The Balaban J connectivity index is 4.58. The van der Waals surface area contributed by atoms with E-state index < -0.39 is 6.10 Å². The molecule has 1 atom stereocenters. The molecule has 0 radical (unpaired) electrons. The van der Waals surface area contributed by atoms with Crippen LogP contribution in [0.3, 0.4) is 0 Å². The van der Waals surface area contributed by atoms with Gasteiger partial charge in [0.25, 0.3) is 0 Å². The monoisotopic (exact) mass is 887 g/mol. The first kappa shape index (κ1) is 60.1. The predicted octanol–water partition coefficient (Wildman–Crippen LogP) is 17.1. The maximum absolute atomic E-state index is 12.8. The largest absolute Gasteiger partial charge is 0.462 e. The summed E-state index contributed by atoms with van der Waals surface area (Å²) in [5, 5.41) is 0. The van der Waals surface area contributed by atoms with Gasteiger partial charge in [-0.2, -0.15) is 0 Å². The molecule has 0 N–H and O–H groups in total. The van der Waals surface area contributed by atoms with Crippen LogP contribution in [0.5, 0.6) is 0 Å². The third kappa shape index (κ3) is 49.1. The summed E-state index contributed by atoms with van der Waals surface area (Å²) in [4.78, 5) is 37.9. The zero-order valence-corrected chi connectivity index (χ0v) is 41.3. The average molecular weight is 887 g/mol. The molecular weight excluding hydrogens is 793 g/mol. The van der Waals surface area contributed by atoms with Crippen LogP contribution in [0.1, 0.15) is 220 Å². The number of hydrogen-bond acceptors (Lipinski definition) is 6. The molecule has 6 heteroatoms. The van der Waals surface area contributed by atoms with Crippen LogP contribution in [0.4, 0.5) is 0 Å². The zero-order chi connectivity index (χ0) is 46.5. The number of esters is 3. The maximum Gasteiger partial charge on any atom is 0.306 e. The lowest BCUT2D eigenvalue weighted by Crippen LogP contribution is -2.30. The molecule has 6 nitrogen and oxygen atoms in total. The minimum atomic E-state index is -0.829. The van der Waals surface area contributed by atoms with E-state index in [0.29, 0.717) is 19.3 Å². The van der Waals surface area contributed by atoms with E-state index in [1.807, 2.05) is 0 Å². The summed E-state index contributed by atoms with van der Waals surface area (Å²) in [6.07, 6.45) is 69.4. The molecule has 0 aliphatic heterocycles. The van der Waals surface area contributed by atoms with E-state index in [1.165, 1.54) is 83.5 Å². The second-order valence-electron chi connectivity index (χ2n) is 16.7. The standard InChI is InChI=1S/C58H94O6/c1-4-7-10-13-16-19-22-25-27-29-31-33-36-39-42-45-48-51-57(60)63-54-55(53-62-56(59)50-47-44-41-38-35-24-21-18-15-12-9-6-3)64-58(61)52-49-46-43-40-37-34-32-30-28-26-23-20-17-14-11-8-5-2/h8,11,16-17,19-20,25-28,31-34,39-40,42-43,55H,4-7,9-10,12-15,18,21-24,29-30,35-38,41,44-54H2,1-3H3/b11-8-,19-16-,20-17-,27-25-,28-26-,33-31-,34-32-,42-39-,43-40-/t55-/m0/s1. The highest BCUT2D eigenvalue weighted by Crippen LogP contribution is 2.13. The molecule has 362 valence electrons. The summed E-state index contributed by atoms with van der Waals surface area (Å²) in [6, 6.07) is 0. The van der Waals surface area contributed by atoms with Crippen molar-refractivity contribution in [1.82, 2.24) is 0 Å². The molecule has 0 aliphatic rings. The van der Waals surface area contributed by atoms with Gasteiger partial charge in [-0.3, -0.25) is 14.4 Å². The van der Waals surface area contributed by atoms with E-state index in [9.17, 15) is 14.4 Å². The van der Waals surface area contributed by atoms with E-state index in [1.54, 1.807) is 0 Å². The molecular formula is C58H94O6. The second kappa shape index (κ2) is 51.7. The van der Waals surface area contributed by atoms with Crippen LogP contribution in [0.2, 0.25) is 0 Å². The van der Waals surface area contributed by atoms with Gasteiger partial charge < -0.3 is 14.2 Å². The predicted molar refractivity (Wildman–Crippen MR) is 274 cm³/mol. The fourth-order valence-electron chi connectivity index (χ4n) is 6.65. The first-order valence-electron chi connectivity index (χ1n) is 25.9. The number of allylic oxidation sites excluding steroid dienone is 18. The number of hydrogen-bond donors (Lipinski definition) is 0. The number of carbonyl (C=O) groups is 3. The molecule has 0 saturated heterocycles. The Morgan fingerprint density at radius 2 is 0.625 bits per heavy atom. The van der Waals surface area contributed by atoms with Crippen LogP contribution in [0.15, 0.2) is 109 Å². The molecule has 0 aliphatic carbocycles. The minimum Gasteiger partial charge on any atom is -0.462 e. The van der Waals surface area contributed by atoms with E-state index in [4.69, 9.17) is 14.2 Å². The van der Waals surface area contributed by atoms with Gasteiger partial charge in [0, 0.05) is 19.3 Å². The van der Waals surface area contributed by atoms with Gasteiger partial charge in [0.2, 0.25) is 0 Å². The van der Waals surface area contributed by atoms with Crippen molar-refractivity contribution in [3.8, 4) is 0 Å². The van der Waals surface area contributed by atoms with Gasteiger partial charge in [-0.25, -0.2) is 0 Å². The third-order valence-electron chi connectivity index (χ3n) is 10.5. The summed E-state index contributed by atoms with van der Waals surface area (Å²) in [5.74, 6) is -1.04. The Hall–Kier alpha value is -3.93. The fraction of sp³-hybridized carbons (Fsp3) is 0.638. The summed E-state index contributed by atoms with van der Waals surface area (Å²) in [7, 11) is 0. The topological polar surface area (TPSA) is 78.9 Å². The van der Waals surface area contributed by atoms with Crippen molar-refractivity contribution in [1.29, 1.82) is 0 Å². The third-order valence-corrected chi connectivity index (χ3v) is 10.5. The molecule has 0 fully saturated rings. The summed E-state index contributed by atoms with van der Waals surface area (Å²) in [6.45, 7) is 6.38. The summed E-state index contributed by atoms with van der Waals surface area (Å²) in [5.41, 5.74) is 0. The van der Waals surface area contributed by atoms with Crippen molar-refractivity contribution in [2.75, 3.05) is 13.2 Å². The van der Waals surface area contributed by atoms with Crippen molar-refractivity contribution in [3.63, 3.8) is 0 Å². The molecule has 64 heavy (non-hydrogen) atoms. The van der Waals surface area contributed by atoms with Gasteiger partial charge in [0.15, 0.2) is 6.10 Å². The molecule has 0 amide bonds. The number of ether oxygens (including phenoxy) is 3. The molecule has 0 unspecified atom stereocenters. The highest BCUT2D eigenvalue weighted by atomic mass is 16.6. The normalized spacial score (nSPS) is 13.0. The van der Waals surface area contributed by atoms with Crippen LogP contribution in [-0.4, -0.2) is 37.2 Å². The maximum atomic E-state index is 12.8. The molecule has 0 heterocycles. The SMILES string of the molecule is CC/C=C\C/C=C\C/C=C\C/C=C\C/C=C\CCCC(=O)O[C@H](COC(=O)CCC/C=C\C/C=C\C/C=C\C/C=C\CCCCC)COC(=O)CCCCCCCCCCCCCC. The average Bonchev–Trinajstić information content (AvgIpc) is 3.29. The molecule has 0 aromatic heterocycles. The Bertz CT molecular complexity index is 1340. The molecule has 0 saturated carbocycles. The number of rotatable bonds is 45. The van der Waals surface area contributed by atoms with Gasteiger partial charge in [0.1, 0.15) is 13.2 Å². The van der Waals surface area contributed by atoms with E-state index in [0.717, 1.165) is 83.5 Å². The summed E-state index contributed by atoms with van der Waals surface area (Å²) >= 11 is 0. The highest BCUT2D eigenvalue weighted by molar-refractivity contribution is 5.71. The molecule has 0 aromatic carbocycles. The van der Waals surface area contributed by atoms with Crippen molar-refractivity contribution < 1.29 is 28.6 Å². The molecule has 0 rings (SSSR count). The van der Waals surface area contributed by atoms with E-state index >= 15 is 0 Å². The van der Waals surface area contributed by atoms with Crippen LogP contribution in [-0.2, 0) is 28.6 Å². The van der Waals surface area contributed by atoms with Crippen LogP contribution in [0.25, 0.3) is 0 Å². The van der Waals surface area contributed by atoms with Gasteiger partial charge in [0.05, 0.1) is 0 Å². The lowest BCUT2D eigenvalue weighted by atomic mass is 10.0. The minimum absolute atomic E-state index is 0.118. The molecule has 0 bridgehead atoms. The Labute approximate surface area is 393 Å². The second-order valence-corrected chi connectivity index (χ2v) is 16.7. The van der Waals surface area contributed by atoms with Gasteiger partial charge >= 0.3 is 17.9 Å². The van der Waals surface area contributed by atoms with Crippen molar-refractivity contribution in [3.05, 3.63) is 109 Å². The van der Waals surface area contributed by atoms with Gasteiger partial charge in [-0.1, -0.05) is 214 Å². The van der Waals surface area contributed by atoms with Crippen molar-refractivity contribution >= 4 is 17.9 Å². The molecule has 0 spiro atoms. The highest BCUT2D eigenvalue weighted by Gasteiger charge is 2.19. The van der Waals surface area contributed by atoms with Crippen LogP contribution < -0.4 is 0 Å².